The van der Waals surface area contributed by atoms with E-state index in [-0.39, 0.29) is 17.6 Å². The normalized spacial score (nSPS) is 25.9. The number of rotatable bonds is 5. The summed E-state index contributed by atoms with van der Waals surface area (Å²) in [5, 5.41) is 12.4. The van der Waals surface area contributed by atoms with Crippen LogP contribution in [-0.4, -0.2) is 60.4 Å². The summed E-state index contributed by atoms with van der Waals surface area (Å²) >= 11 is 0. The number of aliphatic hydroxyl groups is 1. The van der Waals surface area contributed by atoms with Gasteiger partial charge in [0.05, 0.1) is 24.1 Å². The van der Waals surface area contributed by atoms with Crippen molar-refractivity contribution in [2.24, 2.45) is 5.41 Å². The van der Waals surface area contributed by atoms with Gasteiger partial charge in [0.1, 0.15) is 5.60 Å². The van der Waals surface area contributed by atoms with Crippen molar-refractivity contribution in [1.82, 2.24) is 9.88 Å². The van der Waals surface area contributed by atoms with Crippen molar-refractivity contribution in [3.8, 4) is 0 Å². The van der Waals surface area contributed by atoms with Gasteiger partial charge in [0, 0.05) is 43.4 Å². The number of pyridine rings is 1. The highest BCUT2D eigenvalue weighted by molar-refractivity contribution is 5.51. The van der Waals surface area contributed by atoms with Gasteiger partial charge >= 0.3 is 0 Å². The van der Waals surface area contributed by atoms with Crippen LogP contribution in [0.3, 0.4) is 0 Å². The third-order valence-electron chi connectivity index (χ3n) is 7.03. The second-order valence-corrected chi connectivity index (χ2v) is 10.3. The lowest BCUT2D eigenvalue weighted by Crippen LogP contribution is -2.63. The zero-order valence-corrected chi connectivity index (χ0v) is 19.8. The molecular weight excluding hydrogens is 386 g/mol. The van der Waals surface area contributed by atoms with E-state index in [0.29, 0.717) is 5.92 Å². The van der Waals surface area contributed by atoms with Crippen LogP contribution in [0.1, 0.15) is 57.2 Å². The molecule has 5 heteroatoms. The van der Waals surface area contributed by atoms with Crippen LogP contribution in [0.2, 0.25) is 0 Å². The molecule has 31 heavy (non-hydrogen) atoms. The molecule has 2 saturated heterocycles. The largest absolute Gasteiger partial charge is 0.380 e. The van der Waals surface area contributed by atoms with Crippen molar-refractivity contribution >= 4 is 5.69 Å². The Morgan fingerprint density at radius 3 is 2.23 bits per heavy atom. The van der Waals surface area contributed by atoms with E-state index in [1.54, 1.807) is 0 Å². The van der Waals surface area contributed by atoms with Gasteiger partial charge in [-0.25, -0.2) is 0 Å². The lowest BCUT2D eigenvalue weighted by Gasteiger charge is -2.56. The van der Waals surface area contributed by atoms with Gasteiger partial charge < -0.3 is 19.6 Å². The molecule has 0 saturated carbocycles. The standard InChI is InChI=1S/C26H37N3O2/c1-18(2)21-7-9-22(10-8-21)26(30,25(5)16-28(6)17-25)23-11-24(13-27-12-23)29-14-19(3)31-20(4)15-29/h7-13,18-20,30H,14-17H2,1-6H3/t19-,20-,26-/m0/s1. The van der Waals surface area contributed by atoms with Crippen molar-refractivity contribution in [3.63, 3.8) is 0 Å². The summed E-state index contributed by atoms with van der Waals surface area (Å²) in [4.78, 5) is 9.17. The molecule has 1 N–H and O–H groups in total. The lowest BCUT2D eigenvalue weighted by molar-refractivity contribution is -0.127. The Morgan fingerprint density at radius 2 is 1.68 bits per heavy atom. The van der Waals surface area contributed by atoms with Crippen LogP contribution >= 0.6 is 0 Å². The van der Waals surface area contributed by atoms with E-state index in [1.165, 1.54) is 5.56 Å². The second kappa shape index (κ2) is 8.19. The molecular formula is C26H37N3O2. The number of hydrogen-bond donors (Lipinski definition) is 1. The summed E-state index contributed by atoms with van der Waals surface area (Å²) in [6, 6.07) is 10.6. The molecule has 0 amide bonds. The van der Waals surface area contributed by atoms with Gasteiger partial charge in [-0.1, -0.05) is 45.0 Å². The minimum absolute atomic E-state index is 0.174. The third-order valence-corrected chi connectivity index (χ3v) is 7.03. The molecule has 0 bridgehead atoms. The van der Waals surface area contributed by atoms with Gasteiger partial charge in [-0.15, -0.1) is 0 Å². The van der Waals surface area contributed by atoms with Crippen molar-refractivity contribution in [2.75, 3.05) is 38.1 Å². The number of aromatic nitrogens is 1. The zero-order valence-electron chi connectivity index (χ0n) is 19.8. The molecule has 0 aliphatic carbocycles. The molecule has 0 radical (unpaired) electrons. The molecule has 3 heterocycles. The Hall–Kier alpha value is -1.95. The molecule has 168 valence electrons. The van der Waals surface area contributed by atoms with E-state index in [2.05, 4.69) is 86.8 Å². The first-order chi connectivity index (χ1) is 14.6. The summed E-state index contributed by atoms with van der Waals surface area (Å²) in [6.07, 6.45) is 4.10. The fourth-order valence-corrected chi connectivity index (χ4v) is 5.53. The summed E-state index contributed by atoms with van der Waals surface area (Å²) < 4.78 is 5.91. The van der Waals surface area contributed by atoms with Gasteiger partial charge in [0.25, 0.3) is 0 Å². The van der Waals surface area contributed by atoms with Gasteiger partial charge in [0.15, 0.2) is 0 Å². The monoisotopic (exact) mass is 423 g/mol. The zero-order chi connectivity index (χ0) is 22.4. The summed E-state index contributed by atoms with van der Waals surface area (Å²) in [7, 11) is 2.11. The van der Waals surface area contributed by atoms with Crippen molar-refractivity contribution < 1.29 is 9.84 Å². The van der Waals surface area contributed by atoms with Crippen LogP contribution in [0.4, 0.5) is 5.69 Å². The first kappa shape index (κ1) is 22.3. The minimum Gasteiger partial charge on any atom is -0.380 e. The first-order valence-corrected chi connectivity index (χ1v) is 11.5. The average molecular weight is 424 g/mol. The van der Waals surface area contributed by atoms with Crippen LogP contribution < -0.4 is 4.90 Å². The highest BCUT2D eigenvalue weighted by atomic mass is 16.5. The number of hydrogen-bond acceptors (Lipinski definition) is 5. The van der Waals surface area contributed by atoms with Crippen molar-refractivity contribution in [2.45, 2.75) is 58.3 Å². The summed E-state index contributed by atoms with van der Waals surface area (Å²) in [5.41, 5.74) is 2.74. The third kappa shape index (κ3) is 3.99. The van der Waals surface area contributed by atoms with Crippen molar-refractivity contribution in [3.05, 3.63) is 59.4 Å². The molecule has 2 aliphatic rings. The smallest absolute Gasteiger partial charge is 0.124 e. The second-order valence-electron chi connectivity index (χ2n) is 10.3. The molecule has 4 rings (SSSR count). The quantitative estimate of drug-likeness (QED) is 0.788. The van der Waals surface area contributed by atoms with E-state index in [4.69, 9.17) is 4.74 Å². The van der Waals surface area contributed by atoms with Crippen LogP contribution in [0.5, 0.6) is 0 Å². The predicted molar refractivity (Wildman–Crippen MR) is 126 cm³/mol. The van der Waals surface area contributed by atoms with Crippen LogP contribution in [-0.2, 0) is 10.3 Å². The maximum absolute atomic E-state index is 12.4. The number of likely N-dealkylation sites (tertiary alicyclic amines) is 1. The topological polar surface area (TPSA) is 48.8 Å². The Labute approximate surface area is 187 Å². The SMILES string of the molecule is CC(C)c1ccc([C@](O)(c2cncc(N3C[C@H](C)O[C@@H](C)C3)c2)C2(C)CN(C)C2)cc1. The van der Waals surface area contributed by atoms with E-state index < -0.39 is 5.60 Å². The number of ether oxygens (including phenoxy) is 1. The van der Waals surface area contributed by atoms with Crippen LogP contribution in [0.25, 0.3) is 0 Å². The molecule has 1 aromatic heterocycles. The highest BCUT2D eigenvalue weighted by Gasteiger charge is 2.55. The van der Waals surface area contributed by atoms with E-state index in [1.807, 2.05) is 12.4 Å². The minimum atomic E-state index is -1.11. The molecule has 2 aliphatic heterocycles. The lowest BCUT2D eigenvalue weighted by atomic mass is 9.62. The first-order valence-electron chi connectivity index (χ1n) is 11.5. The van der Waals surface area contributed by atoms with Crippen LogP contribution in [0.15, 0.2) is 42.7 Å². The number of benzene rings is 1. The van der Waals surface area contributed by atoms with E-state index in [9.17, 15) is 5.11 Å². The summed E-state index contributed by atoms with van der Waals surface area (Å²) in [6.45, 7) is 14.1. The van der Waals surface area contributed by atoms with E-state index in [0.717, 1.165) is 43.0 Å². The highest BCUT2D eigenvalue weighted by Crippen LogP contribution is 2.50. The molecule has 5 nitrogen and oxygen atoms in total. The Bertz CT molecular complexity index is 897. The van der Waals surface area contributed by atoms with Gasteiger partial charge in [-0.05, 0) is 44.0 Å². The summed E-state index contributed by atoms with van der Waals surface area (Å²) in [5.74, 6) is 0.461. The number of anilines is 1. The molecule has 2 aromatic rings. The van der Waals surface area contributed by atoms with E-state index >= 15 is 0 Å². The fourth-order valence-electron chi connectivity index (χ4n) is 5.53. The maximum atomic E-state index is 12.4. The van der Waals surface area contributed by atoms with Crippen molar-refractivity contribution in [1.29, 1.82) is 0 Å². The Morgan fingerprint density at radius 1 is 1.06 bits per heavy atom. The number of morpholine rings is 1. The van der Waals surface area contributed by atoms with Gasteiger partial charge in [-0.3, -0.25) is 4.98 Å². The van der Waals surface area contributed by atoms with Gasteiger partial charge in [0.2, 0.25) is 0 Å². The molecule has 2 fully saturated rings. The fraction of sp³-hybridized carbons (Fsp3) is 0.577. The van der Waals surface area contributed by atoms with Crippen LogP contribution in [0, 0.1) is 5.41 Å². The number of nitrogens with zero attached hydrogens (tertiary/aromatic N) is 3. The van der Waals surface area contributed by atoms with Gasteiger partial charge in [-0.2, -0.15) is 0 Å². The maximum Gasteiger partial charge on any atom is 0.124 e. The molecule has 0 spiro atoms. The Balaban J connectivity index is 1.76. The molecule has 1 aromatic carbocycles. The molecule has 3 atom stereocenters. The Kier molecular flexibility index (Phi) is 5.88. The predicted octanol–water partition coefficient (Wildman–Crippen LogP) is 4.01. The average Bonchev–Trinajstić information content (AvgIpc) is 2.71. The molecule has 0 unspecified atom stereocenters.